The van der Waals surface area contributed by atoms with E-state index >= 15 is 0 Å². The lowest BCUT2D eigenvalue weighted by Crippen LogP contribution is -2.60. The van der Waals surface area contributed by atoms with Gasteiger partial charge in [0.1, 0.15) is 34.8 Å². The van der Waals surface area contributed by atoms with Gasteiger partial charge < -0.3 is 15.8 Å². The summed E-state index contributed by atoms with van der Waals surface area (Å²) in [6.45, 7) is 7.98. The number of amidine groups is 2. The van der Waals surface area contributed by atoms with Gasteiger partial charge in [0.2, 0.25) is 5.60 Å². The van der Waals surface area contributed by atoms with E-state index in [1.807, 2.05) is 6.07 Å². The van der Waals surface area contributed by atoms with Crippen molar-refractivity contribution in [1.29, 1.82) is 5.26 Å². The highest BCUT2D eigenvalue weighted by Gasteiger charge is 2.59. The summed E-state index contributed by atoms with van der Waals surface area (Å²) in [5.41, 5.74) is 1.62. The molecule has 176 valence electrons. The smallest absolute Gasteiger partial charge is 0.385 e. The van der Waals surface area contributed by atoms with Crippen LogP contribution in [0, 0.1) is 18.3 Å². The highest BCUT2D eigenvalue weighted by atomic mass is 19.4. The second-order valence-corrected chi connectivity index (χ2v) is 7.72. The molecule has 0 spiro atoms. The summed E-state index contributed by atoms with van der Waals surface area (Å²) in [5.74, 6) is -2.46. The first kappa shape index (κ1) is 25.7. The average Bonchev–Trinajstić information content (AvgIpc) is 2.73. The van der Waals surface area contributed by atoms with Crippen LogP contribution in [0.15, 0.2) is 46.4 Å². The van der Waals surface area contributed by atoms with Crippen LogP contribution in [-0.4, -0.2) is 46.5 Å². The zero-order valence-electron chi connectivity index (χ0n) is 18.3. The lowest BCUT2D eigenvalue weighted by molar-refractivity contribution is -0.247. The van der Waals surface area contributed by atoms with E-state index in [9.17, 15) is 22.4 Å². The fourth-order valence-electron chi connectivity index (χ4n) is 2.76. The van der Waals surface area contributed by atoms with E-state index in [1.165, 1.54) is 26.1 Å². The quantitative estimate of drug-likeness (QED) is 0.305. The Labute approximate surface area is 187 Å². The first-order valence-electron chi connectivity index (χ1n) is 9.49. The van der Waals surface area contributed by atoms with Crippen molar-refractivity contribution in [1.82, 2.24) is 10.3 Å². The van der Waals surface area contributed by atoms with Crippen molar-refractivity contribution in [2.75, 3.05) is 6.61 Å². The molecule has 1 aromatic rings. The molecule has 0 fully saturated rings. The average molecular weight is 466 g/mol. The van der Waals surface area contributed by atoms with Crippen molar-refractivity contribution in [3.63, 3.8) is 0 Å². The molecular formula is C21H22F4N6O2. The molecule has 0 radical (unpaired) electrons. The number of ether oxygens (including phenoxy) is 1. The van der Waals surface area contributed by atoms with Gasteiger partial charge in [-0.2, -0.15) is 18.4 Å². The van der Waals surface area contributed by atoms with Gasteiger partial charge in [0, 0.05) is 11.8 Å². The van der Waals surface area contributed by atoms with Crippen molar-refractivity contribution >= 4 is 17.6 Å². The molecule has 33 heavy (non-hydrogen) atoms. The van der Waals surface area contributed by atoms with Crippen LogP contribution in [-0.2, 0) is 4.74 Å². The minimum Gasteiger partial charge on any atom is -0.385 e. The predicted molar refractivity (Wildman–Crippen MR) is 113 cm³/mol. The molecule has 0 saturated carbocycles. The minimum absolute atomic E-state index is 0.00576. The highest BCUT2D eigenvalue weighted by molar-refractivity contribution is 6.05. The Morgan fingerprint density at radius 1 is 1.45 bits per heavy atom. The fourth-order valence-corrected chi connectivity index (χ4v) is 2.76. The zero-order valence-corrected chi connectivity index (χ0v) is 18.3. The number of rotatable bonds is 4. The van der Waals surface area contributed by atoms with E-state index in [1.54, 1.807) is 6.92 Å². The van der Waals surface area contributed by atoms with Crippen molar-refractivity contribution in [2.45, 2.75) is 45.0 Å². The first-order chi connectivity index (χ1) is 15.1. The number of nitrogens with one attached hydrogen (secondary N) is 1. The van der Waals surface area contributed by atoms with Gasteiger partial charge in [0.25, 0.3) is 5.91 Å². The molecule has 8 nitrogen and oxygen atoms in total. The van der Waals surface area contributed by atoms with Crippen LogP contribution in [0.3, 0.4) is 0 Å². The molecule has 1 aromatic heterocycles. The molecule has 1 aliphatic heterocycles. The molecule has 0 bridgehead atoms. The number of hydrogen-bond acceptors (Lipinski definition) is 7. The maximum atomic E-state index is 14.7. The van der Waals surface area contributed by atoms with Gasteiger partial charge in [-0.25, -0.2) is 14.4 Å². The number of aryl methyl sites for hydroxylation is 1. The van der Waals surface area contributed by atoms with E-state index in [-0.39, 0.29) is 22.7 Å². The molecule has 2 rings (SSSR count). The number of halogens is 4. The third-order valence-electron chi connectivity index (χ3n) is 5.07. The van der Waals surface area contributed by atoms with E-state index in [0.29, 0.717) is 5.56 Å². The number of aromatic nitrogens is 1. The number of nitrogens with zero attached hydrogens (tertiary/aromatic N) is 4. The van der Waals surface area contributed by atoms with Gasteiger partial charge in [-0.1, -0.05) is 6.58 Å². The number of aliphatic imine (C=N–C) groups is 2. The summed E-state index contributed by atoms with van der Waals surface area (Å²) in [5, 5.41) is 11.3. The van der Waals surface area contributed by atoms with Crippen LogP contribution in [0.2, 0.25) is 0 Å². The second-order valence-electron chi connectivity index (χ2n) is 7.72. The molecular weight excluding hydrogens is 444 g/mol. The zero-order chi connectivity index (χ0) is 25.2. The van der Waals surface area contributed by atoms with E-state index in [4.69, 9.17) is 15.7 Å². The summed E-state index contributed by atoms with van der Waals surface area (Å²) in [6.07, 6.45) is -2.83. The Balaban J connectivity index is 2.17. The van der Waals surface area contributed by atoms with Crippen molar-refractivity contribution in [3.05, 3.63) is 53.3 Å². The lowest BCUT2D eigenvalue weighted by atomic mass is 9.90. The molecule has 0 aliphatic carbocycles. The third kappa shape index (κ3) is 5.25. The molecule has 3 N–H and O–H groups in total. The number of nitriles is 1. The normalized spacial score (nSPS) is 24.0. The van der Waals surface area contributed by atoms with Crippen molar-refractivity contribution in [2.24, 2.45) is 15.7 Å². The van der Waals surface area contributed by atoms with Crippen LogP contribution in [0.25, 0.3) is 0 Å². The molecule has 0 saturated heterocycles. The van der Waals surface area contributed by atoms with E-state index < -0.39 is 41.5 Å². The largest absolute Gasteiger partial charge is 0.424 e. The number of alkyl halides is 3. The minimum atomic E-state index is -4.81. The summed E-state index contributed by atoms with van der Waals surface area (Å²) >= 11 is 0. The predicted octanol–water partition coefficient (Wildman–Crippen LogP) is 3.24. The summed E-state index contributed by atoms with van der Waals surface area (Å²) < 4.78 is 59.3. The number of pyridine rings is 1. The number of carbonyl (C=O) groups excluding carboxylic acids is 1. The van der Waals surface area contributed by atoms with Crippen molar-refractivity contribution in [3.8, 4) is 6.07 Å². The molecule has 12 heteroatoms. The summed E-state index contributed by atoms with van der Waals surface area (Å²) in [7, 11) is 0. The Kier molecular flexibility index (Phi) is 7.08. The maximum Gasteiger partial charge on any atom is 0.424 e. The van der Waals surface area contributed by atoms with Gasteiger partial charge in [0.05, 0.1) is 18.4 Å². The van der Waals surface area contributed by atoms with Gasteiger partial charge in [-0.05, 0) is 39.3 Å². The molecule has 1 aliphatic rings. The van der Waals surface area contributed by atoms with E-state index in [0.717, 1.165) is 13.1 Å². The number of carbonyl (C=O) groups is 1. The summed E-state index contributed by atoms with van der Waals surface area (Å²) in [6, 6.07) is 3.39. The SMILES string of the molecule is C=C(/C(F)=C\N=C(/C)NC(=O)c1ncc(C#N)cc1C)[C@@]1(C)CO[C@@](C)(C(F)(F)F)C(N)=N1. The van der Waals surface area contributed by atoms with Gasteiger partial charge >= 0.3 is 6.18 Å². The first-order valence-corrected chi connectivity index (χ1v) is 9.49. The van der Waals surface area contributed by atoms with Crippen LogP contribution >= 0.6 is 0 Å². The van der Waals surface area contributed by atoms with Crippen LogP contribution in [0.1, 0.15) is 42.4 Å². The number of amides is 1. The molecule has 0 unspecified atom stereocenters. The number of hydrogen-bond donors (Lipinski definition) is 2. The van der Waals surface area contributed by atoms with Gasteiger partial charge in [-0.15, -0.1) is 0 Å². The number of nitrogens with two attached hydrogens (primary N) is 1. The lowest BCUT2D eigenvalue weighted by Gasteiger charge is -2.41. The molecule has 0 aromatic carbocycles. The Bertz CT molecular complexity index is 1120. The summed E-state index contributed by atoms with van der Waals surface area (Å²) in [4.78, 5) is 23.8. The topological polar surface area (TPSA) is 126 Å². The van der Waals surface area contributed by atoms with Crippen LogP contribution in [0.5, 0.6) is 0 Å². The standard InChI is InChI=1S/C21H22F4N6O2/c1-11-6-14(7-26)8-29-16(11)17(32)30-13(3)28-9-15(22)12(2)19(4)10-33-20(5,18(27)31-19)21(23,24)25/h6,8-9H,2,10H2,1,3-5H3,(H2,27,31)(H,28,30,32)/b15-9+/t19-,20-/m1/s1. The highest BCUT2D eigenvalue weighted by Crippen LogP contribution is 2.40. The third-order valence-corrected chi connectivity index (χ3v) is 5.07. The van der Waals surface area contributed by atoms with Crippen LogP contribution < -0.4 is 11.1 Å². The maximum absolute atomic E-state index is 14.7. The van der Waals surface area contributed by atoms with Gasteiger partial charge in [0.15, 0.2) is 0 Å². The molecule has 1 amide bonds. The van der Waals surface area contributed by atoms with Gasteiger partial charge in [-0.3, -0.25) is 9.79 Å². The van der Waals surface area contributed by atoms with E-state index in [2.05, 4.69) is 26.9 Å². The molecule has 2 heterocycles. The molecule has 2 atom stereocenters. The Morgan fingerprint density at radius 2 is 2.09 bits per heavy atom. The Hall–Kier alpha value is -3.59. The second kappa shape index (κ2) is 9.11. The van der Waals surface area contributed by atoms with Crippen molar-refractivity contribution < 1.29 is 27.1 Å². The fraction of sp³-hybridized carbons (Fsp3) is 0.381. The monoisotopic (exact) mass is 466 g/mol. The Morgan fingerprint density at radius 3 is 2.61 bits per heavy atom. The van der Waals surface area contributed by atoms with Crippen LogP contribution in [0.4, 0.5) is 17.6 Å².